The molecule has 1 atom stereocenters. The van der Waals surface area contributed by atoms with Crippen LogP contribution in [0.25, 0.3) is 0 Å². The minimum atomic E-state index is 0.522. The average molecular weight is 273 g/mol. The summed E-state index contributed by atoms with van der Waals surface area (Å²) in [6.45, 7) is 1.99. The molecule has 2 aromatic rings. The third-order valence-electron chi connectivity index (χ3n) is 3.48. The normalized spacial score (nSPS) is 18.1. The van der Waals surface area contributed by atoms with Crippen molar-refractivity contribution in [3.63, 3.8) is 0 Å². The van der Waals surface area contributed by atoms with Gasteiger partial charge in [0.05, 0.1) is 26.0 Å². The van der Waals surface area contributed by atoms with Crippen molar-refractivity contribution in [2.45, 2.75) is 25.4 Å². The van der Waals surface area contributed by atoms with Crippen molar-refractivity contribution in [1.82, 2.24) is 15.1 Å². The Morgan fingerprint density at radius 3 is 2.95 bits per heavy atom. The molecule has 106 valence electrons. The van der Waals surface area contributed by atoms with Crippen LogP contribution in [0, 0.1) is 0 Å². The molecule has 1 aliphatic rings. The number of hydrogen-bond donors (Lipinski definition) is 1. The minimum Gasteiger partial charge on any atom is -0.493 e. The zero-order valence-electron chi connectivity index (χ0n) is 11.6. The SMILES string of the molecule is COc1ccccc1Oc1cnn(CC2CCCN2)c1. The first-order chi connectivity index (χ1) is 9.85. The standard InChI is InChI=1S/C15H19N3O2/c1-19-14-6-2-3-7-15(14)20-13-9-17-18(11-13)10-12-5-4-8-16-12/h2-3,6-7,9,11-12,16H,4-5,8,10H2,1H3. The number of benzene rings is 1. The Hall–Kier alpha value is -2.01. The van der Waals surface area contributed by atoms with Gasteiger partial charge < -0.3 is 14.8 Å². The third-order valence-corrected chi connectivity index (χ3v) is 3.48. The molecule has 1 unspecified atom stereocenters. The van der Waals surface area contributed by atoms with Gasteiger partial charge >= 0.3 is 0 Å². The molecule has 1 fully saturated rings. The zero-order chi connectivity index (χ0) is 13.8. The fourth-order valence-corrected chi connectivity index (χ4v) is 2.47. The van der Waals surface area contributed by atoms with Crippen LogP contribution in [0.15, 0.2) is 36.7 Å². The van der Waals surface area contributed by atoms with E-state index in [0.29, 0.717) is 11.8 Å². The molecule has 5 heteroatoms. The summed E-state index contributed by atoms with van der Waals surface area (Å²) in [7, 11) is 1.64. The van der Waals surface area contributed by atoms with Crippen LogP contribution < -0.4 is 14.8 Å². The van der Waals surface area contributed by atoms with Gasteiger partial charge in [-0.1, -0.05) is 12.1 Å². The van der Waals surface area contributed by atoms with Crippen LogP contribution in [0.2, 0.25) is 0 Å². The van der Waals surface area contributed by atoms with Crippen LogP contribution in [0.3, 0.4) is 0 Å². The van der Waals surface area contributed by atoms with Crippen molar-refractivity contribution in [1.29, 1.82) is 0 Å². The summed E-state index contributed by atoms with van der Waals surface area (Å²) in [4.78, 5) is 0. The van der Waals surface area contributed by atoms with Crippen LogP contribution >= 0.6 is 0 Å². The molecule has 0 saturated carbocycles. The number of nitrogens with one attached hydrogen (secondary N) is 1. The van der Waals surface area contributed by atoms with Crippen LogP contribution in [-0.2, 0) is 6.54 Å². The molecule has 0 bridgehead atoms. The summed E-state index contributed by atoms with van der Waals surface area (Å²) in [6.07, 6.45) is 6.12. The number of nitrogens with zero attached hydrogens (tertiary/aromatic N) is 2. The van der Waals surface area contributed by atoms with Gasteiger partial charge in [-0.05, 0) is 31.5 Å². The van der Waals surface area contributed by atoms with E-state index in [0.717, 1.165) is 24.6 Å². The maximum Gasteiger partial charge on any atom is 0.169 e. The molecule has 1 aliphatic heterocycles. The largest absolute Gasteiger partial charge is 0.493 e. The molecule has 1 N–H and O–H groups in total. The molecule has 0 amide bonds. The number of methoxy groups -OCH3 is 1. The van der Waals surface area contributed by atoms with Gasteiger partial charge in [-0.3, -0.25) is 4.68 Å². The monoisotopic (exact) mass is 273 g/mol. The number of rotatable bonds is 5. The van der Waals surface area contributed by atoms with Gasteiger partial charge in [-0.2, -0.15) is 5.10 Å². The molecule has 5 nitrogen and oxygen atoms in total. The van der Waals surface area contributed by atoms with Gasteiger partial charge in [0.15, 0.2) is 17.2 Å². The Kier molecular flexibility index (Phi) is 3.87. The second-order valence-electron chi connectivity index (χ2n) is 4.94. The highest BCUT2D eigenvalue weighted by molar-refractivity contribution is 5.41. The average Bonchev–Trinajstić information content (AvgIpc) is 3.12. The summed E-state index contributed by atoms with van der Waals surface area (Å²) in [5.41, 5.74) is 0. The summed E-state index contributed by atoms with van der Waals surface area (Å²) < 4.78 is 13.0. The summed E-state index contributed by atoms with van der Waals surface area (Å²) in [5.74, 6) is 2.15. The highest BCUT2D eigenvalue weighted by Gasteiger charge is 2.15. The van der Waals surface area contributed by atoms with Gasteiger partial charge in [-0.15, -0.1) is 0 Å². The lowest BCUT2D eigenvalue weighted by Crippen LogP contribution is -2.26. The first-order valence-electron chi connectivity index (χ1n) is 6.92. The lowest BCUT2D eigenvalue weighted by Gasteiger charge is -2.09. The number of para-hydroxylation sites is 2. The van der Waals surface area contributed by atoms with Crippen molar-refractivity contribution in [3.05, 3.63) is 36.7 Å². The summed E-state index contributed by atoms with van der Waals surface area (Å²) in [6, 6.07) is 8.12. The van der Waals surface area contributed by atoms with E-state index < -0.39 is 0 Å². The Labute approximate surface area is 118 Å². The predicted octanol–water partition coefficient (Wildman–Crippen LogP) is 2.44. The first-order valence-corrected chi connectivity index (χ1v) is 6.92. The molecule has 20 heavy (non-hydrogen) atoms. The molecule has 0 aliphatic carbocycles. The van der Waals surface area contributed by atoms with Gasteiger partial charge in [0, 0.05) is 6.04 Å². The lowest BCUT2D eigenvalue weighted by atomic mass is 10.2. The minimum absolute atomic E-state index is 0.522. The molecule has 1 aromatic carbocycles. The molecule has 1 saturated heterocycles. The summed E-state index contributed by atoms with van der Waals surface area (Å²) in [5, 5.41) is 7.80. The Balaban J connectivity index is 1.67. The zero-order valence-corrected chi connectivity index (χ0v) is 11.6. The topological polar surface area (TPSA) is 48.3 Å². The first kappa shape index (κ1) is 13.0. The van der Waals surface area contributed by atoms with E-state index in [4.69, 9.17) is 9.47 Å². The van der Waals surface area contributed by atoms with E-state index >= 15 is 0 Å². The van der Waals surface area contributed by atoms with E-state index in [9.17, 15) is 0 Å². The van der Waals surface area contributed by atoms with Crippen molar-refractivity contribution < 1.29 is 9.47 Å². The van der Waals surface area contributed by atoms with E-state index in [1.165, 1.54) is 12.8 Å². The summed E-state index contributed by atoms with van der Waals surface area (Å²) >= 11 is 0. The van der Waals surface area contributed by atoms with E-state index in [-0.39, 0.29) is 0 Å². The quantitative estimate of drug-likeness (QED) is 0.909. The Morgan fingerprint density at radius 1 is 1.35 bits per heavy atom. The fraction of sp³-hybridized carbons (Fsp3) is 0.400. The van der Waals surface area contributed by atoms with Crippen molar-refractivity contribution in [2.75, 3.05) is 13.7 Å². The molecule has 1 aromatic heterocycles. The fourth-order valence-electron chi connectivity index (χ4n) is 2.47. The third kappa shape index (κ3) is 2.93. The molecule has 0 spiro atoms. The number of ether oxygens (including phenoxy) is 2. The highest BCUT2D eigenvalue weighted by Crippen LogP contribution is 2.30. The molecular formula is C15H19N3O2. The van der Waals surface area contributed by atoms with Crippen LogP contribution in [0.4, 0.5) is 0 Å². The maximum atomic E-state index is 5.82. The molecule has 3 rings (SSSR count). The second kappa shape index (κ2) is 5.96. The maximum absolute atomic E-state index is 5.82. The Bertz CT molecular complexity index is 562. The van der Waals surface area contributed by atoms with Gasteiger partial charge in [0.25, 0.3) is 0 Å². The molecular weight excluding hydrogens is 254 g/mol. The van der Waals surface area contributed by atoms with Crippen molar-refractivity contribution >= 4 is 0 Å². The van der Waals surface area contributed by atoms with Crippen LogP contribution in [0.1, 0.15) is 12.8 Å². The number of hydrogen-bond acceptors (Lipinski definition) is 4. The Morgan fingerprint density at radius 2 is 2.20 bits per heavy atom. The highest BCUT2D eigenvalue weighted by atomic mass is 16.5. The van der Waals surface area contributed by atoms with Gasteiger partial charge in [0.1, 0.15) is 0 Å². The lowest BCUT2D eigenvalue weighted by molar-refractivity contribution is 0.378. The van der Waals surface area contributed by atoms with Crippen LogP contribution in [-0.4, -0.2) is 29.5 Å². The van der Waals surface area contributed by atoms with E-state index in [1.54, 1.807) is 13.3 Å². The molecule has 0 radical (unpaired) electrons. The number of aromatic nitrogens is 2. The predicted molar refractivity (Wildman–Crippen MR) is 76.3 cm³/mol. The van der Waals surface area contributed by atoms with Crippen molar-refractivity contribution in [3.8, 4) is 17.2 Å². The van der Waals surface area contributed by atoms with Gasteiger partial charge in [-0.25, -0.2) is 0 Å². The second-order valence-corrected chi connectivity index (χ2v) is 4.94. The van der Waals surface area contributed by atoms with E-state index in [1.807, 2.05) is 35.1 Å². The van der Waals surface area contributed by atoms with Crippen LogP contribution in [0.5, 0.6) is 17.2 Å². The van der Waals surface area contributed by atoms with Gasteiger partial charge in [0.2, 0.25) is 0 Å². The van der Waals surface area contributed by atoms with E-state index in [2.05, 4.69) is 10.4 Å². The van der Waals surface area contributed by atoms with Crippen molar-refractivity contribution in [2.24, 2.45) is 0 Å². The smallest absolute Gasteiger partial charge is 0.169 e. The molecule has 2 heterocycles.